The van der Waals surface area contributed by atoms with Gasteiger partial charge in [0.05, 0.1) is 35.5 Å². The third-order valence-electron chi connectivity index (χ3n) is 4.91. The summed E-state index contributed by atoms with van der Waals surface area (Å²) in [5.74, 6) is 0.728. The highest BCUT2D eigenvalue weighted by molar-refractivity contribution is 6.42. The molecule has 0 heterocycles. The van der Waals surface area contributed by atoms with Crippen LogP contribution in [0.3, 0.4) is 0 Å². The van der Waals surface area contributed by atoms with Gasteiger partial charge in [0.25, 0.3) is 5.91 Å². The standard InChI is InChI=1S/C25H24Cl3N3O5/c1-34-22-10-16(14-30-31-25(33)17-4-6-21(32)20(28)12-17)11-23(35-2)24(22)36-8-7-29-13-15-3-5-18(26)19(27)9-15/h3-6,9-12,14,29,32H,7-8,13H2,1-2H3,(H,31,33)/b30-14+. The molecule has 0 aromatic heterocycles. The molecule has 0 fully saturated rings. The van der Waals surface area contributed by atoms with E-state index in [0.717, 1.165) is 5.56 Å². The lowest BCUT2D eigenvalue weighted by Gasteiger charge is -2.15. The van der Waals surface area contributed by atoms with E-state index in [1.165, 1.54) is 38.6 Å². The monoisotopic (exact) mass is 551 g/mol. The maximum absolute atomic E-state index is 12.2. The number of nitrogens with one attached hydrogen (secondary N) is 2. The van der Waals surface area contributed by atoms with Crippen LogP contribution in [0, 0.1) is 0 Å². The van der Waals surface area contributed by atoms with Crippen molar-refractivity contribution in [1.29, 1.82) is 0 Å². The lowest BCUT2D eigenvalue weighted by atomic mass is 10.2. The molecule has 1 amide bonds. The second-order valence-electron chi connectivity index (χ2n) is 7.39. The molecule has 3 rings (SSSR count). The minimum absolute atomic E-state index is 0.0706. The molecule has 3 N–H and O–H groups in total. The Hall–Kier alpha value is -3.17. The van der Waals surface area contributed by atoms with Crippen LogP contribution < -0.4 is 25.0 Å². The summed E-state index contributed by atoms with van der Waals surface area (Å²) >= 11 is 17.8. The van der Waals surface area contributed by atoms with Crippen LogP contribution in [0.15, 0.2) is 53.6 Å². The Kier molecular flexibility index (Phi) is 10.1. The van der Waals surface area contributed by atoms with E-state index in [2.05, 4.69) is 15.8 Å². The van der Waals surface area contributed by atoms with Gasteiger partial charge in [-0.25, -0.2) is 5.43 Å². The molecule has 8 nitrogen and oxygen atoms in total. The Balaban J connectivity index is 1.58. The van der Waals surface area contributed by atoms with E-state index in [4.69, 9.17) is 49.0 Å². The molecule has 0 saturated carbocycles. The number of phenols is 1. The molecular weight excluding hydrogens is 529 g/mol. The van der Waals surface area contributed by atoms with E-state index >= 15 is 0 Å². The number of ether oxygens (including phenoxy) is 3. The minimum Gasteiger partial charge on any atom is -0.506 e. The summed E-state index contributed by atoms with van der Waals surface area (Å²) in [6.45, 7) is 1.52. The van der Waals surface area contributed by atoms with Gasteiger partial charge in [-0.15, -0.1) is 0 Å². The highest BCUT2D eigenvalue weighted by Gasteiger charge is 2.14. The Labute approximate surface area is 223 Å². The van der Waals surface area contributed by atoms with Gasteiger partial charge < -0.3 is 24.6 Å². The molecule has 0 spiro atoms. The molecule has 3 aromatic rings. The van der Waals surface area contributed by atoms with Crippen molar-refractivity contribution in [3.8, 4) is 23.0 Å². The fraction of sp³-hybridized carbons (Fsp3) is 0.200. The largest absolute Gasteiger partial charge is 0.506 e. The van der Waals surface area contributed by atoms with Crippen molar-refractivity contribution in [3.05, 3.63) is 80.3 Å². The second-order valence-corrected chi connectivity index (χ2v) is 8.62. The van der Waals surface area contributed by atoms with Crippen LogP contribution in [0.4, 0.5) is 0 Å². The smallest absolute Gasteiger partial charge is 0.271 e. The van der Waals surface area contributed by atoms with Gasteiger partial charge in [0.15, 0.2) is 11.5 Å². The number of hydrogen-bond acceptors (Lipinski definition) is 7. The summed E-state index contributed by atoms with van der Waals surface area (Å²) < 4.78 is 16.8. The van der Waals surface area contributed by atoms with Crippen molar-refractivity contribution in [3.63, 3.8) is 0 Å². The average Bonchev–Trinajstić information content (AvgIpc) is 2.87. The topological polar surface area (TPSA) is 101 Å². The van der Waals surface area contributed by atoms with Crippen LogP contribution in [-0.4, -0.2) is 44.6 Å². The summed E-state index contributed by atoms with van der Waals surface area (Å²) in [6, 6.07) is 13.0. The first-order chi connectivity index (χ1) is 17.3. The van der Waals surface area contributed by atoms with E-state index < -0.39 is 5.91 Å². The Morgan fingerprint density at radius 2 is 1.69 bits per heavy atom. The summed E-state index contributed by atoms with van der Waals surface area (Å²) in [6.07, 6.45) is 1.44. The number of carbonyl (C=O) groups is 1. The van der Waals surface area contributed by atoms with E-state index in [1.807, 2.05) is 12.1 Å². The van der Waals surface area contributed by atoms with Gasteiger partial charge in [0.1, 0.15) is 12.4 Å². The van der Waals surface area contributed by atoms with Crippen LogP contribution in [0.25, 0.3) is 0 Å². The molecule has 0 saturated heterocycles. The zero-order valence-corrected chi connectivity index (χ0v) is 21.7. The highest BCUT2D eigenvalue weighted by Crippen LogP contribution is 2.38. The van der Waals surface area contributed by atoms with Gasteiger partial charge >= 0.3 is 0 Å². The third kappa shape index (κ3) is 7.41. The van der Waals surface area contributed by atoms with Gasteiger partial charge in [-0.2, -0.15) is 5.10 Å². The van der Waals surface area contributed by atoms with Gasteiger partial charge in [-0.1, -0.05) is 40.9 Å². The molecule has 0 aliphatic heterocycles. The van der Waals surface area contributed by atoms with Crippen LogP contribution in [0.1, 0.15) is 21.5 Å². The fourth-order valence-corrected chi connectivity index (χ4v) is 3.60. The predicted octanol–water partition coefficient (Wildman–Crippen LogP) is 5.30. The SMILES string of the molecule is COc1cc(/C=N/NC(=O)c2ccc(O)c(Cl)c2)cc(OC)c1OCCNCc1ccc(Cl)c(Cl)c1. The Morgan fingerprint density at radius 1 is 0.972 bits per heavy atom. The number of hydrazone groups is 1. The third-order valence-corrected chi connectivity index (χ3v) is 5.95. The van der Waals surface area contributed by atoms with Crippen LogP contribution in [0.5, 0.6) is 23.0 Å². The number of methoxy groups -OCH3 is 2. The molecule has 0 aliphatic carbocycles. The maximum atomic E-state index is 12.2. The number of halogens is 3. The predicted molar refractivity (Wildman–Crippen MR) is 141 cm³/mol. The molecule has 0 unspecified atom stereocenters. The van der Waals surface area contributed by atoms with Crippen molar-refractivity contribution in [2.45, 2.75) is 6.54 Å². The highest BCUT2D eigenvalue weighted by atomic mass is 35.5. The number of phenolic OH excluding ortho intramolecular Hbond substituents is 1. The molecule has 36 heavy (non-hydrogen) atoms. The van der Waals surface area contributed by atoms with Crippen molar-refractivity contribution < 1.29 is 24.1 Å². The maximum Gasteiger partial charge on any atom is 0.271 e. The lowest BCUT2D eigenvalue weighted by molar-refractivity contribution is 0.0955. The Bertz CT molecular complexity index is 1230. The van der Waals surface area contributed by atoms with E-state index in [1.54, 1.807) is 18.2 Å². The number of carbonyl (C=O) groups excluding carboxylic acids is 1. The van der Waals surface area contributed by atoms with Gasteiger partial charge in [0, 0.05) is 24.2 Å². The van der Waals surface area contributed by atoms with Crippen LogP contribution >= 0.6 is 34.8 Å². The molecule has 3 aromatic carbocycles. The first kappa shape index (κ1) is 27.4. The summed E-state index contributed by atoms with van der Waals surface area (Å²) in [4.78, 5) is 12.2. The van der Waals surface area contributed by atoms with Crippen LogP contribution in [0.2, 0.25) is 15.1 Å². The molecular formula is C25H24Cl3N3O5. The number of hydrogen-bond donors (Lipinski definition) is 3. The van der Waals surface area contributed by atoms with E-state index in [-0.39, 0.29) is 16.3 Å². The zero-order chi connectivity index (χ0) is 26.1. The second kappa shape index (κ2) is 13.2. The zero-order valence-electron chi connectivity index (χ0n) is 19.5. The molecule has 11 heteroatoms. The number of nitrogens with zero attached hydrogens (tertiary/aromatic N) is 1. The number of benzene rings is 3. The summed E-state index contributed by atoms with van der Waals surface area (Å²) in [7, 11) is 3.03. The van der Waals surface area contributed by atoms with E-state index in [9.17, 15) is 9.90 Å². The first-order valence-corrected chi connectivity index (χ1v) is 11.8. The normalized spacial score (nSPS) is 10.9. The van der Waals surface area contributed by atoms with Crippen molar-refractivity contribution in [2.75, 3.05) is 27.4 Å². The molecule has 0 radical (unpaired) electrons. The van der Waals surface area contributed by atoms with Crippen molar-refractivity contribution in [2.24, 2.45) is 5.10 Å². The van der Waals surface area contributed by atoms with Crippen LogP contribution in [-0.2, 0) is 6.54 Å². The molecule has 0 atom stereocenters. The first-order valence-electron chi connectivity index (χ1n) is 10.7. The fourth-order valence-electron chi connectivity index (χ4n) is 3.10. The molecule has 190 valence electrons. The van der Waals surface area contributed by atoms with Crippen molar-refractivity contribution >= 4 is 46.9 Å². The number of aromatic hydroxyl groups is 1. The van der Waals surface area contributed by atoms with Crippen molar-refractivity contribution in [1.82, 2.24) is 10.7 Å². The summed E-state index contributed by atoms with van der Waals surface area (Å²) in [5, 5.41) is 17.8. The lowest BCUT2D eigenvalue weighted by Crippen LogP contribution is -2.21. The Morgan fingerprint density at radius 3 is 2.33 bits per heavy atom. The number of amides is 1. The minimum atomic E-state index is -0.486. The molecule has 0 bridgehead atoms. The van der Waals surface area contributed by atoms with Gasteiger partial charge in [0.2, 0.25) is 5.75 Å². The molecule has 0 aliphatic rings. The summed E-state index contributed by atoms with van der Waals surface area (Å²) in [5.41, 5.74) is 4.27. The number of rotatable bonds is 11. The van der Waals surface area contributed by atoms with E-state index in [0.29, 0.717) is 52.6 Å². The average molecular weight is 553 g/mol. The van der Waals surface area contributed by atoms with Gasteiger partial charge in [-0.3, -0.25) is 4.79 Å². The quantitative estimate of drug-likeness (QED) is 0.169. The van der Waals surface area contributed by atoms with Gasteiger partial charge in [-0.05, 0) is 48.0 Å².